The second-order valence-corrected chi connectivity index (χ2v) is 6.98. The fraction of sp³-hybridized carbons (Fsp3) is 0.235. The van der Waals surface area contributed by atoms with Crippen LogP contribution in [0.25, 0.3) is 21.1 Å². The van der Waals surface area contributed by atoms with E-state index >= 15 is 0 Å². The molecule has 3 aromatic heterocycles. The van der Waals surface area contributed by atoms with Gasteiger partial charge in [0.05, 0.1) is 39.2 Å². The Hall–Kier alpha value is -2.05. The van der Waals surface area contributed by atoms with Gasteiger partial charge in [0.25, 0.3) is 0 Å². The monoisotopic (exact) mass is 343 g/mol. The maximum atomic E-state index is 11.8. The fourth-order valence-electron chi connectivity index (χ4n) is 2.12. The Balaban J connectivity index is 1.75. The summed E-state index contributed by atoms with van der Waals surface area (Å²) in [5.74, 6) is 0.0645. The molecule has 0 spiro atoms. The van der Waals surface area contributed by atoms with Gasteiger partial charge in [-0.25, -0.2) is 4.98 Å². The van der Waals surface area contributed by atoms with Crippen LogP contribution in [-0.4, -0.2) is 15.9 Å². The largest absolute Gasteiger partial charge is 0.325 e. The molecule has 3 aromatic rings. The highest BCUT2D eigenvalue weighted by Gasteiger charge is 2.09. The predicted octanol–water partition coefficient (Wildman–Crippen LogP) is 5.06. The van der Waals surface area contributed by atoms with E-state index in [1.54, 1.807) is 35.1 Å². The quantitative estimate of drug-likeness (QED) is 0.680. The minimum atomic E-state index is 0.0645. The van der Waals surface area contributed by atoms with Gasteiger partial charge in [-0.05, 0) is 23.9 Å². The van der Waals surface area contributed by atoms with Gasteiger partial charge in [0.1, 0.15) is 0 Å². The van der Waals surface area contributed by atoms with Crippen molar-refractivity contribution in [3.8, 4) is 21.1 Å². The predicted molar refractivity (Wildman–Crippen MR) is 96.8 cm³/mol. The third kappa shape index (κ3) is 4.03. The minimum absolute atomic E-state index is 0.0645. The molecule has 0 aromatic carbocycles. The maximum absolute atomic E-state index is 11.8. The van der Waals surface area contributed by atoms with Gasteiger partial charge < -0.3 is 5.32 Å². The summed E-state index contributed by atoms with van der Waals surface area (Å²) in [5.41, 5.74) is 2.53. The third-order valence-corrected chi connectivity index (χ3v) is 5.15. The van der Waals surface area contributed by atoms with Crippen LogP contribution in [0.15, 0.2) is 41.4 Å². The average Bonchev–Trinajstić information content (AvgIpc) is 3.25. The van der Waals surface area contributed by atoms with Crippen molar-refractivity contribution in [1.29, 1.82) is 0 Å². The summed E-state index contributed by atoms with van der Waals surface area (Å²) in [6.07, 6.45) is 6.03. The lowest BCUT2D eigenvalue weighted by Gasteiger charge is -2.01. The summed E-state index contributed by atoms with van der Waals surface area (Å²) in [6, 6.07) is 5.99. The molecule has 0 bridgehead atoms. The molecule has 4 nitrogen and oxygen atoms in total. The Morgan fingerprint density at radius 2 is 2.04 bits per heavy atom. The van der Waals surface area contributed by atoms with E-state index in [1.165, 1.54) is 0 Å². The zero-order valence-corrected chi connectivity index (χ0v) is 14.4. The lowest BCUT2D eigenvalue weighted by atomic mass is 10.2. The summed E-state index contributed by atoms with van der Waals surface area (Å²) in [6.45, 7) is 2.08. The van der Waals surface area contributed by atoms with Crippen LogP contribution in [-0.2, 0) is 4.79 Å². The molecule has 0 unspecified atom stereocenters. The van der Waals surface area contributed by atoms with Gasteiger partial charge in [-0.2, -0.15) is 0 Å². The molecule has 0 atom stereocenters. The van der Waals surface area contributed by atoms with E-state index in [9.17, 15) is 4.79 Å². The molecule has 118 valence electrons. The van der Waals surface area contributed by atoms with Crippen LogP contribution in [0.2, 0.25) is 0 Å². The lowest BCUT2D eigenvalue weighted by Crippen LogP contribution is -2.09. The first-order valence-electron chi connectivity index (χ1n) is 7.51. The Morgan fingerprint density at radius 3 is 2.78 bits per heavy atom. The van der Waals surface area contributed by atoms with Crippen molar-refractivity contribution in [3.63, 3.8) is 0 Å². The third-order valence-electron chi connectivity index (χ3n) is 3.30. The maximum Gasteiger partial charge on any atom is 0.224 e. The molecular formula is C17H17N3OS2. The van der Waals surface area contributed by atoms with Crippen LogP contribution in [0.3, 0.4) is 0 Å². The molecule has 1 N–H and O–H groups in total. The summed E-state index contributed by atoms with van der Waals surface area (Å²) < 4.78 is 0. The Kier molecular flexibility index (Phi) is 5.15. The molecule has 3 heterocycles. The topological polar surface area (TPSA) is 54.9 Å². The van der Waals surface area contributed by atoms with Crippen molar-refractivity contribution < 1.29 is 4.79 Å². The Bertz CT molecular complexity index is 781. The molecule has 1 amide bonds. The first-order chi connectivity index (χ1) is 11.3. The number of hydrogen-bond donors (Lipinski definition) is 1. The van der Waals surface area contributed by atoms with E-state index in [0.29, 0.717) is 6.42 Å². The average molecular weight is 343 g/mol. The first-order valence-corrected chi connectivity index (χ1v) is 9.27. The fourth-order valence-corrected chi connectivity index (χ4v) is 3.60. The van der Waals surface area contributed by atoms with Crippen LogP contribution in [0, 0.1) is 0 Å². The number of nitrogens with one attached hydrogen (secondary N) is 1. The number of anilines is 1. The van der Waals surface area contributed by atoms with Gasteiger partial charge >= 0.3 is 0 Å². The number of nitrogens with zero attached hydrogens (tertiary/aromatic N) is 2. The highest BCUT2D eigenvalue weighted by Crippen LogP contribution is 2.30. The zero-order valence-electron chi connectivity index (χ0n) is 12.8. The van der Waals surface area contributed by atoms with E-state index in [1.807, 2.05) is 29.0 Å². The molecule has 23 heavy (non-hydrogen) atoms. The summed E-state index contributed by atoms with van der Waals surface area (Å²) >= 11 is 3.21. The van der Waals surface area contributed by atoms with E-state index in [4.69, 9.17) is 0 Å². The van der Waals surface area contributed by atoms with Crippen LogP contribution in [0.1, 0.15) is 26.2 Å². The van der Waals surface area contributed by atoms with Crippen molar-refractivity contribution in [3.05, 3.63) is 41.4 Å². The van der Waals surface area contributed by atoms with Gasteiger partial charge in [0.2, 0.25) is 5.91 Å². The van der Waals surface area contributed by atoms with Crippen LogP contribution >= 0.6 is 22.7 Å². The van der Waals surface area contributed by atoms with Crippen molar-refractivity contribution in [2.75, 3.05) is 5.32 Å². The number of carbonyl (C=O) groups excluding carboxylic acids is 1. The van der Waals surface area contributed by atoms with Gasteiger partial charge in [-0.1, -0.05) is 19.4 Å². The number of amides is 1. The van der Waals surface area contributed by atoms with Crippen LogP contribution < -0.4 is 5.32 Å². The molecule has 0 aliphatic carbocycles. The standard InChI is InChI=1S/C17H17N3OS2/c1-2-3-6-17(21)19-12-8-16(23-11-12)14-10-18-9-13(20-14)15-5-4-7-22-15/h4-5,7-11H,2-3,6H2,1H3,(H,19,21). The van der Waals surface area contributed by atoms with Crippen molar-refractivity contribution in [2.24, 2.45) is 0 Å². The Labute approximate surface area is 143 Å². The minimum Gasteiger partial charge on any atom is -0.325 e. The van der Waals surface area contributed by atoms with Crippen LogP contribution in [0.5, 0.6) is 0 Å². The van der Waals surface area contributed by atoms with Gasteiger partial charge in [0, 0.05) is 11.8 Å². The highest BCUT2D eigenvalue weighted by molar-refractivity contribution is 7.14. The van der Waals surface area contributed by atoms with Crippen molar-refractivity contribution in [2.45, 2.75) is 26.2 Å². The zero-order chi connectivity index (χ0) is 16.1. The summed E-state index contributed by atoms with van der Waals surface area (Å²) in [5, 5.41) is 6.90. The highest BCUT2D eigenvalue weighted by atomic mass is 32.1. The van der Waals surface area contributed by atoms with Crippen molar-refractivity contribution in [1.82, 2.24) is 9.97 Å². The number of unbranched alkanes of at least 4 members (excludes halogenated alkanes) is 1. The Morgan fingerprint density at radius 1 is 1.22 bits per heavy atom. The summed E-state index contributed by atoms with van der Waals surface area (Å²) in [7, 11) is 0. The number of rotatable bonds is 6. The second kappa shape index (κ2) is 7.48. The number of carbonyl (C=O) groups is 1. The molecular weight excluding hydrogens is 326 g/mol. The van der Waals surface area contributed by atoms with E-state index in [-0.39, 0.29) is 5.91 Å². The molecule has 3 rings (SSSR count). The van der Waals surface area contributed by atoms with Gasteiger partial charge in [-0.15, -0.1) is 22.7 Å². The van der Waals surface area contributed by atoms with Crippen LogP contribution in [0.4, 0.5) is 5.69 Å². The first kappa shape index (κ1) is 15.8. The van der Waals surface area contributed by atoms with E-state index in [2.05, 4.69) is 22.2 Å². The van der Waals surface area contributed by atoms with Gasteiger partial charge in [0.15, 0.2) is 0 Å². The summed E-state index contributed by atoms with van der Waals surface area (Å²) in [4.78, 5) is 22.9. The molecule has 6 heteroatoms. The number of thiophene rings is 2. The molecule has 0 saturated carbocycles. The molecule has 0 saturated heterocycles. The number of aromatic nitrogens is 2. The molecule has 0 aliphatic rings. The number of hydrogen-bond acceptors (Lipinski definition) is 5. The van der Waals surface area contributed by atoms with E-state index in [0.717, 1.165) is 39.7 Å². The molecule has 0 aliphatic heterocycles. The lowest BCUT2D eigenvalue weighted by molar-refractivity contribution is -0.116. The normalized spacial score (nSPS) is 10.7. The second-order valence-electron chi connectivity index (χ2n) is 5.12. The molecule has 0 fully saturated rings. The van der Waals surface area contributed by atoms with E-state index < -0.39 is 0 Å². The SMILES string of the molecule is CCCCC(=O)Nc1csc(-c2cncc(-c3cccs3)n2)c1. The molecule has 0 radical (unpaired) electrons. The van der Waals surface area contributed by atoms with Crippen molar-refractivity contribution >= 4 is 34.3 Å². The van der Waals surface area contributed by atoms with Gasteiger partial charge in [-0.3, -0.25) is 9.78 Å². The smallest absolute Gasteiger partial charge is 0.224 e.